The average molecular weight is 377 g/mol. The number of urea groups is 1. The summed E-state index contributed by atoms with van der Waals surface area (Å²) < 4.78 is 5.44. The summed E-state index contributed by atoms with van der Waals surface area (Å²) >= 11 is 0. The first kappa shape index (κ1) is 21.2. The Hall–Kier alpha value is -2.12. The van der Waals surface area contributed by atoms with Gasteiger partial charge in [-0.2, -0.15) is 0 Å². The number of carbonyl (C=O) groups excluding carboxylic acids is 2. The first-order chi connectivity index (χ1) is 13.0. The van der Waals surface area contributed by atoms with Crippen molar-refractivity contribution < 1.29 is 14.3 Å². The van der Waals surface area contributed by atoms with Crippen LogP contribution in [0.1, 0.15) is 25.8 Å². The lowest BCUT2D eigenvalue weighted by Crippen LogP contribution is -2.49. The minimum atomic E-state index is -0.249. The zero-order chi connectivity index (χ0) is 19.6. The molecular formula is C20H32N4O3. The molecule has 7 nitrogen and oxygen atoms in total. The largest absolute Gasteiger partial charge is 0.379 e. The van der Waals surface area contributed by atoms with Crippen LogP contribution in [-0.4, -0.2) is 62.8 Å². The third-order valence-electron chi connectivity index (χ3n) is 4.70. The Morgan fingerprint density at radius 2 is 1.89 bits per heavy atom. The molecule has 3 amide bonds. The van der Waals surface area contributed by atoms with Crippen LogP contribution in [0.15, 0.2) is 24.3 Å². The van der Waals surface area contributed by atoms with Crippen LogP contribution in [0.2, 0.25) is 0 Å². The van der Waals surface area contributed by atoms with Crippen LogP contribution < -0.4 is 16.0 Å². The number of benzene rings is 1. The third-order valence-corrected chi connectivity index (χ3v) is 4.70. The molecule has 1 unspecified atom stereocenters. The van der Waals surface area contributed by atoms with Gasteiger partial charge in [0.15, 0.2) is 0 Å². The second kappa shape index (κ2) is 10.9. The molecule has 0 spiro atoms. The van der Waals surface area contributed by atoms with Crippen molar-refractivity contribution in [2.24, 2.45) is 5.92 Å². The van der Waals surface area contributed by atoms with Crippen molar-refractivity contribution in [3.05, 3.63) is 29.8 Å². The van der Waals surface area contributed by atoms with Crippen LogP contribution in [0.5, 0.6) is 0 Å². The number of amides is 3. The van der Waals surface area contributed by atoms with Gasteiger partial charge >= 0.3 is 6.03 Å². The van der Waals surface area contributed by atoms with Crippen molar-refractivity contribution in [2.45, 2.75) is 32.7 Å². The quantitative estimate of drug-likeness (QED) is 0.647. The Morgan fingerprint density at radius 1 is 1.19 bits per heavy atom. The third kappa shape index (κ3) is 7.19. The lowest BCUT2D eigenvalue weighted by molar-refractivity contribution is -0.119. The predicted octanol–water partition coefficient (Wildman–Crippen LogP) is 1.84. The number of hydrogen-bond donors (Lipinski definition) is 3. The number of hydrogen-bond acceptors (Lipinski definition) is 4. The molecule has 1 aromatic carbocycles. The topological polar surface area (TPSA) is 82.7 Å². The second-order valence-corrected chi connectivity index (χ2v) is 7.27. The molecule has 0 aliphatic carbocycles. The van der Waals surface area contributed by atoms with E-state index in [1.807, 2.05) is 24.3 Å². The van der Waals surface area contributed by atoms with Crippen molar-refractivity contribution in [1.29, 1.82) is 0 Å². The lowest BCUT2D eigenvalue weighted by Gasteiger charge is -2.35. The molecule has 1 heterocycles. The van der Waals surface area contributed by atoms with E-state index in [0.29, 0.717) is 24.2 Å². The molecular weight excluding hydrogens is 344 g/mol. The number of rotatable bonds is 8. The molecule has 0 aromatic heterocycles. The molecule has 150 valence electrons. The van der Waals surface area contributed by atoms with E-state index >= 15 is 0 Å². The van der Waals surface area contributed by atoms with Crippen LogP contribution in [-0.2, 0) is 16.0 Å². The van der Waals surface area contributed by atoms with Crippen LogP contribution in [0, 0.1) is 5.92 Å². The Bertz CT molecular complexity index is 615. The number of likely N-dealkylation sites (N-methyl/N-ethyl adjacent to an activating group) is 1. The molecule has 0 bridgehead atoms. The molecule has 1 aliphatic rings. The first-order valence-corrected chi connectivity index (χ1v) is 9.64. The molecule has 0 saturated carbocycles. The van der Waals surface area contributed by atoms with E-state index < -0.39 is 0 Å². The monoisotopic (exact) mass is 376 g/mol. The molecule has 1 atom stereocenters. The summed E-state index contributed by atoms with van der Waals surface area (Å²) in [6.45, 7) is 8.26. The summed E-state index contributed by atoms with van der Waals surface area (Å²) in [4.78, 5) is 26.5. The van der Waals surface area contributed by atoms with E-state index in [4.69, 9.17) is 4.74 Å². The smallest absolute Gasteiger partial charge is 0.319 e. The minimum Gasteiger partial charge on any atom is -0.379 e. The Kier molecular flexibility index (Phi) is 8.54. The van der Waals surface area contributed by atoms with Gasteiger partial charge in [0.05, 0.1) is 19.6 Å². The Labute approximate surface area is 161 Å². The maximum Gasteiger partial charge on any atom is 0.319 e. The highest BCUT2D eigenvalue weighted by Gasteiger charge is 2.22. The lowest BCUT2D eigenvalue weighted by atomic mass is 10.0. The summed E-state index contributed by atoms with van der Waals surface area (Å²) in [7, 11) is 1.60. The summed E-state index contributed by atoms with van der Waals surface area (Å²) in [5.74, 6) is 0.463. The fourth-order valence-electron chi connectivity index (χ4n) is 3.28. The first-order valence-electron chi connectivity index (χ1n) is 9.64. The van der Waals surface area contributed by atoms with Gasteiger partial charge < -0.3 is 20.7 Å². The van der Waals surface area contributed by atoms with Crippen LogP contribution >= 0.6 is 0 Å². The minimum absolute atomic E-state index is 0.0889. The fraction of sp³-hybridized carbons (Fsp3) is 0.600. The number of ether oxygens (including phenoxy) is 1. The number of anilines is 1. The van der Waals surface area contributed by atoms with E-state index in [1.54, 1.807) is 7.05 Å². The number of carbonyl (C=O) groups is 2. The number of nitrogens with one attached hydrogen (secondary N) is 3. The van der Waals surface area contributed by atoms with Gasteiger partial charge in [0.2, 0.25) is 5.91 Å². The number of nitrogens with zero attached hydrogens (tertiary/aromatic N) is 1. The fourth-order valence-corrected chi connectivity index (χ4v) is 3.28. The second-order valence-electron chi connectivity index (χ2n) is 7.27. The highest BCUT2D eigenvalue weighted by molar-refractivity contribution is 5.91. The van der Waals surface area contributed by atoms with Gasteiger partial charge in [-0.05, 0) is 24.0 Å². The van der Waals surface area contributed by atoms with E-state index in [1.165, 1.54) is 0 Å². The van der Waals surface area contributed by atoms with Crippen LogP contribution in [0.4, 0.5) is 10.5 Å². The van der Waals surface area contributed by atoms with Crippen molar-refractivity contribution in [1.82, 2.24) is 15.5 Å². The van der Waals surface area contributed by atoms with E-state index in [-0.39, 0.29) is 18.4 Å². The molecule has 2 rings (SSSR count). The van der Waals surface area contributed by atoms with Crippen LogP contribution in [0.3, 0.4) is 0 Å². The maximum atomic E-state index is 12.4. The number of para-hydroxylation sites is 1. The van der Waals surface area contributed by atoms with Crippen molar-refractivity contribution in [3.8, 4) is 0 Å². The zero-order valence-corrected chi connectivity index (χ0v) is 16.6. The summed E-state index contributed by atoms with van der Waals surface area (Å²) in [6, 6.07) is 7.41. The Balaban J connectivity index is 1.92. The molecule has 0 radical (unpaired) electrons. The van der Waals surface area contributed by atoms with Gasteiger partial charge in [-0.25, -0.2) is 4.79 Å². The van der Waals surface area contributed by atoms with Gasteiger partial charge in [0.1, 0.15) is 0 Å². The normalized spacial score (nSPS) is 16.0. The number of morpholine rings is 1. The maximum absolute atomic E-state index is 12.4. The standard InChI is InChI=1S/C20H32N4O3/c1-15(2)12-17(24-8-10-27-11-9-24)14-22-20(26)23-18-7-5-4-6-16(18)13-19(25)21-3/h4-7,15,17H,8-14H2,1-3H3,(H,21,25)(H2,22,23,26). The molecule has 1 aromatic rings. The Morgan fingerprint density at radius 3 is 2.56 bits per heavy atom. The molecule has 3 N–H and O–H groups in total. The van der Waals surface area contributed by atoms with Crippen molar-refractivity contribution in [3.63, 3.8) is 0 Å². The van der Waals surface area contributed by atoms with Gasteiger partial charge in [-0.3, -0.25) is 9.69 Å². The van der Waals surface area contributed by atoms with E-state index in [0.717, 1.165) is 38.3 Å². The molecule has 1 fully saturated rings. The van der Waals surface area contributed by atoms with Gasteiger partial charge in [-0.15, -0.1) is 0 Å². The average Bonchev–Trinajstić information content (AvgIpc) is 2.67. The van der Waals surface area contributed by atoms with Gasteiger partial charge in [0.25, 0.3) is 0 Å². The van der Waals surface area contributed by atoms with Crippen LogP contribution in [0.25, 0.3) is 0 Å². The molecule has 1 saturated heterocycles. The molecule has 27 heavy (non-hydrogen) atoms. The van der Waals surface area contributed by atoms with Gasteiger partial charge in [0, 0.05) is 38.4 Å². The highest BCUT2D eigenvalue weighted by Crippen LogP contribution is 2.16. The molecule has 7 heteroatoms. The van der Waals surface area contributed by atoms with Crippen molar-refractivity contribution >= 4 is 17.6 Å². The van der Waals surface area contributed by atoms with E-state index in [9.17, 15) is 9.59 Å². The summed E-state index contributed by atoms with van der Waals surface area (Å²) in [5, 5.41) is 8.48. The molecule has 1 aliphatic heterocycles. The summed E-state index contributed by atoms with van der Waals surface area (Å²) in [5.41, 5.74) is 1.45. The highest BCUT2D eigenvalue weighted by atomic mass is 16.5. The SMILES string of the molecule is CNC(=O)Cc1ccccc1NC(=O)NCC(CC(C)C)N1CCOCC1. The summed E-state index contributed by atoms with van der Waals surface area (Å²) in [6.07, 6.45) is 1.25. The predicted molar refractivity (Wildman–Crippen MR) is 107 cm³/mol. The van der Waals surface area contributed by atoms with Crippen molar-refractivity contribution in [2.75, 3.05) is 45.2 Å². The van der Waals surface area contributed by atoms with E-state index in [2.05, 4.69) is 34.7 Å². The zero-order valence-electron chi connectivity index (χ0n) is 16.6. The van der Waals surface area contributed by atoms with Gasteiger partial charge in [-0.1, -0.05) is 32.0 Å².